The van der Waals surface area contributed by atoms with Gasteiger partial charge in [0.15, 0.2) is 0 Å². The van der Waals surface area contributed by atoms with Crippen LogP contribution in [-0.2, 0) is 0 Å². The van der Waals surface area contributed by atoms with Crippen LogP contribution in [0.1, 0.15) is 20.3 Å². The monoisotopic (exact) mass is 141 g/mol. The van der Waals surface area contributed by atoms with Crippen LogP contribution in [0.25, 0.3) is 0 Å². The van der Waals surface area contributed by atoms with Gasteiger partial charge in [-0.15, -0.1) is 0 Å². The first-order valence-electron chi connectivity index (χ1n) is 3.97. The van der Waals surface area contributed by atoms with Crippen molar-refractivity contribution in [2.45, 2.75) is 6.85 Å². The average molecular weight is 141 g/mol. The van der Waals surface area contributed by atoms with Crippen molar-refractivity contribution in [3.05, 3.63) is 23.8 Å². The molecule has 0 amide bonds. The van der Waals surface area contributed by atoms with E-state index in [0.29, 0.717) is 0 Å². The summed E-state index contributed by atoms with van der Waals surface area (Å²) in [5, 5.41) is 8.41. The molecule has 0 aliphatic rings. The summed E-state index contributed by atoms with van der Waals surface area (Å²) in [5.74, 6) is -1.69. The lowest BCUT2D eigenvalue weighted by Crippen LogP contribution is -2.02. The average Bonchev–Trinajstić information content (AvgIpc) is 2.03. The van der Waals surface area contributed by atoms with Gasteiger partial charge in [-0.2, -0.15) is 0 Å². The number of carboxylic acid groups (broad SMARTS) is 1. The molecular formula is C6H6N2O2. The van der Waals surface area contributed by atoms with Gasteiger partial charge in [-0.05, 0) is 12.4 Å². The second-order valence-electron chi connectivity index (χ2n) is 1.60. The number of rotatable bonds is 1. The molecule has 0 aliphatic carbocycles. The van der Waals surface area contributed by atoms with Gasteiger partial charge in [-0.25, -0.2) is 14.8 Å². The topological polar surface area (TPSA) is 63.1 Å². The second kappa shape index (κ2) is 2.43. The van der Waals surface area contributed by atoms with Crippen LogP contribution in [0, 0.1) is 6.85 Å². The zero-order valence-corrected chi connectivity index (χ0v) is 4.90. The van der Waals surface area contributed by atoms with Crippen LogP contribution in [0.5, 0.6) is 0 Å². The zero-order chi connectivity index (χ0) is 10.1. The van der Waals surface area contributed by atoms with Crippen LogP contribution in [-0.4, -0.2) is 21.0 Å². The molecule has 1 N–H and O–H groups in total. The molecule has 0 atom stereocenters. The van der Waals surface area contributed by atoms with E-state index in [-0.39, 0.29) is 5.56 Å². The first-order chi connectivity index (χ1) is 5.91. The lowest BCUT2D eigenvalue weighted by Gasteiger charge is -1.90. The highest BCUT2D eigenvalue weighted by Gasteiger charge is 2.02. The Hall–Kier alpha value is -1.45. The van der Waals surface area contributed by atoms with Crippen molar-refractivity contribution in [1.29, 1.82) is 0 Å². The summed E-state index contributed by atoms with van der Waals surface area (Å²) in [4.78, 5) is 17.0. The van der Waals surface area contributed by atoms with Gasteiger partial charge in [0.05, 0.1) is 0 Å². The van der Waals surface area contributed by atoms with E-state index >= 15 is 0 Å². The standard InChI is InChI=1S/C6H6N2O2/c1-4-2-7-5(6(9)10)8-3-4/h2-3H,1H3,(H,9,10)/i1D3. The van der Waals surface area contributed by atoms with Crippen molar-refractivity contribution in [2.75, 3.05) is 0 Å². The van der Waals surface area contributed by atoms with E-state index in [2.05, 4.69) is 9.97 Å². The Balaban J connectivity index is 3.01. The molecule has 1 heterocycles. The molecule has 1 aromatic rings. The Labute approximate surface area is 61.8 Å². The Morgan fingerprint density at radius 1 is 1.70 bits per heavy atom. The Bertz CT molecular complexity index is 320. The highest BCUT2D eigenvalue weighted by atomic mass is 16.4. The fourth-order valence-electron chi connectivity index (χ4n) is 0.438. The van der Waals surface area contributed by atoms with Gasteiger partial charge >= 0.3 is 5.97 Å². The molecule has 0 bridgehead atoms. The van der Waals surface area contributed by atoms with Crippen LogP contribution in [0.2, 0.25) is 0 Å². The molecule has 0 spiro atoms. The normalized spacial score (nSPS) is 15.0. The van der Waals surface area contributed by atoms with Gasteiger partial charge in [0, 0.05) is 16.5 Å². The van der Waals surface area contributed by atoms with E-state index < -0.39 is 18.6 Å². The molecule has 10 heavy (non-hydrogen) atoms. The predicted octanol–water partition coefficient (Wildman–Crippen LogP) is 0.483. The van der Waals surface area contributed by atoms with Crippen molar-refractivity contribution in [2.24, 2.45) is 0 Å². The first-order valence-corrected chi connectivity index (χ1v) is 2.47. The molecule has 0 radical (unpaired) electrons. The van der Waals surface area contributed by atoms with Gasteiger partial charge < -0.3 is 5.11 Å². The third kappa shape index (κ3) is 1.28. The second-order valence-corrected chi connectivity index (χ2v) is 1.60. The van der Waals surface area contributed by atoms with Gasteiger partial charge in [-0.3, -0.25) is 0 Å². The van der Waals surface area contributed by atoms with E-state index in [9.17, 15) is 4.79 Å². The minimum Gasteiger partial charge on any atom is -0.475 e. The summed E-state index contributed by atoms with van der Waals surface area (Å²) in [6, 6.07) is 0. The number of hydrogen-bond acceptors (Lipinski definition) is 3. The molecule has 0 saturated heterocycles. The van der Waals surface area contributed by atoms with Crippen LogP contribution in [0.15, 0.2) is 12.4 Å². The number of carboxylic acids is 1. The van der Waals surface area contributed by atoms with E-state index in [1.165, 1.54) is 0 Å². The Morgan fingerprint density at radius 3 is 2.70 bits per heavy atom. The molecule has 52 valence electrons. The summed E-state index contributed by atoms with van der Waals surface area (Å²) < 4.78 is 20.9. The van der Waals surface area contributed by atoms with Crippen LogP contribution < -0.4 is 0 Å². The molecule has 0 unspecified atom stereocenters. The number of hydrogen-bond donors (Lipinski definition) is 1. The summed E-state index contributed by atoms with van der Waals surface area (Å²) in [7, 11) is 0. The molecule has 4 heteroatoms. The molecule has 1 rings (SSSR count). The lowest BCUT2D eigenvalue weighted by molar-refractivity contribution is 0.0683. The number of aryl methyl sites for hydroxylation is 1. The highest BCUT2D eigenvalue weighted by molar-refractivity contribution is 5.82. The molecule has 0 saturated carbocycles. The summed E-state index contributed by atoms with van der Waals surface area (Å²) in [6.45, 7) is -2.29. The van der Waals surface area contributed by atoms with E-state index in [1.807, 2.05) is 0 Å². The van der Waals surface area contributed by atoms with Gasteiger partial charge in [0.25, 0.3) is 0 Å². The van der Waals surface area contributed by atoms with E-state index in [1.54, 1.807) is 0 Å². The van der Waals surface area contributed by atoms with Crippen LogP contribution in [0.3, 0.4) is 0 Å². The van der Waals surface area contributed by atoms with Crippen molar-refractivity contribution < 1.29 is 14.0 Å². The molecule has 0 aliphatic heterocycles. The summed E-state index contributed by atoms with van der Waals surface area (Å²) in [5.41, 5.74) is -0.0718. The van der Waals surface area contributed by atoms with Crippen LogP contribution in [0.4, 0.5) is 0 Å². The number of aromatic carboxylic acids is 1. The fourth-order valence-corrected chi connectivity index (χ4v) is 0.438. The molecular weight excluding hydrogens is 132 g/mol. The van der Waals surface area contributed by atoms with Gasteiger partial charge in [0.1, 0.15) is 0 Å². The minimum absolute atomic E-state index is 0.0718. The predicted molar refractivity (Wildman–Crippen MR) is 33.7 cm³/mol. The Morgan fingerprint density at radius 2 is 2.30 bits per heavy atom. The molecule has 0 aromatic carbocycles. The number of nitrogens with zero attached hydrogens (tertiary/aromatic N) is 2. The summed E-state index contributed by atoms with van der Waals surface area (Å²) in [6.07, 6.45) is 1.98. The lowest BCUT2D eigenvalue weighted by atomic mass is 10.4. The van der Waals surface area contributed by atoms with Gasteiger partial charge in [-0.1, -0.05) is 0 Å². The van der Waals surface area contributed by atoms with Crippen molar-refractivity contribution in [3.8, 4) is 0 Å². The summed E-state index contributed by atoms with van der Waals surface area (Å²) >= 11 is 0. The smallest absolute Gasteiger partial charge is 0.373 e. The third-order valence-corrected chi connectivity index (χ3v) is 0.843. The number of carbonyl (C=O) groups is 1. The Kier molecular flexibility index (Phi) is 0.887. The third-order valence-electron chi connectivity index (χ3n) is 0.843. The zero-order valence-electron chi connectivity index (χ0n) is 7.90. The molecule has 0 fully saturated rings. The van der Waals surface area contributed by atoms with Crippen molar-refractivity contribution in [3.63, 3.8) is 0 Å². The van der Waals surface area contributed by atoms with Crippen LogP contribution >= 0.6 is 0 Å². The largest absolute Gasteiger partial charge is 0.475 e. The first kappa shape index (κ1) is 3.65. The highest BCUT2D eigenvalue weighted by Crippen LogP contribution is 1.92. The molecule has 1 aromatic heterocycles. The maximum Gasteiger partial charge on any atom is 0.373 e. The van der Waals surface area contributed by atoms with E-state index in [0.717, 1.165) is 12.4 Å². The quantitative estimate of drug-likeness (QED) is 0.618. The fraction of sp³-hybridized carbons (Fsp3) is 0.167. The van der Waals surface area contributed by atoms with Crippen molar-refractivity contribution >= 4 is 5.97 Å². The maximum absolute atomic E-state index is 10.3. The minimum atomic E-state index is -2.29. The van der Waals surface area contributed by atoms with E-state index in [4.69, 9.17) is 9.22 Å². The molecule has 4 nitrogen and oxygen atoms in total. The maximum atomic E-state index is 10.3. The van der Waals surface area contributed by atoms with Gasteiger partial charge in [0.2, 0.25) is 5.82 Å². The number of aromatic nitrogens is 2. The SMILES string of the molecule is [2H]C([2H])([2H])c1cnc(C(=O)O)nc1. The van der Waals surface area contributed by atoms with Crippen molar-refractivity contribution in [1.82, 2.24) is 9.97 Å².